The van der Waals surface area contributed by atoms with Crippen LogP contribution in [0.3, 0.4) is 0 Å². The van der Waals surface area contributed by atoms with E-state index in [2.05, 4.69) is 15.3 Å². The Morgan fingerprint density at radius 1 is 1.32 bits per heavy atom. The molecule has 148 valence electrons. The highest BCUT2D eigenvalue weighted by Crippen LogP contribution is 2.34. The monoisotopic (exact) mass is 389 g/mol. The summed E-state index contributed by atoms with van der Waals surface area (Å²) >= 11 is 0. The third-order valence-corrected chi connectivity index (χ3v) is 4.03. The number of anilines is 1. The molecule has 6 nitrogen and oxygen atoms in total. The molecule has 0 aliphatic carbocycles. The van der Waals surface area contributed by atoms with Crippen LogP contribution in [0.5, 0.6) is 0 Å². The second-order valence-corrected chi connectivity index (χ2v) is 7.50. The lowest BCUT2D eigenvalue weighted by atomic mass is 9.99. The number of hydrogen-bond acceptors (Lipinski definition) is 4. The molecule has 2 heterocycles. The van der Waals surface area contributed by atoms with Gasteiger partial charge >= 0.3 is 6.09 Å². The van der Waals surface area contributed by atoms with Crippen LogP contribution in [0.15, 0.2) is 30.6 Å². The average molecular weight is 389 g/mol. The van der Waals surface area contributed by atoms with Gasteiger partial charge in [-0.3, -0.25) is 5.32 Å². The number of aromatic amines is 1. The minimum Gasteiger partial charge on any atom is -0.444 e. The Labute approximate surface area is 160 Å². The summed E-state index contributed by atoms with van der Waals surface area (Å²) in [7, 11) is 0. The SMILES string of the molecule is Cc1cnc2[nH]cc(C(O)c3c(F)ccc(NC(=O)OC(C)(C)C)c3F)c2c1. The molecule has 28 heavy (non-hydrogen) atoms. The molecule has 0 saturated carbocycles. The van der Waals surface area contributed by atoms with Crippen LogP contribution in [-0.2, 0) is 4.74 Å². The van der Waals surface area contributed by atoms with Crippen LogP contribution in [0, 0.1) is 18.6 Å². The fraction of sp³-hybridized carbons (Fsp3) is 0.300. The number of nitrogens with one attached hydrogen (secondary N) is 2. The van der Waals surface area contributed by atoms with Crippen molar-refractivity contribution in [3.8, 4) is 0 Å². The maximum absolute atomic E-state index is 15.0. The van der Waals surface area contributed by atoms with Crippen LogP contribution >= 0.6 is 0 Å². The third-order valence-electron chi connectivity index (χ3n) is 4.03. The zero-order valence-electron chi connectivity index (χ0n) is 15.9. The summed E-state index contributed by atoms with van der Waals surface area (Å²) in [4.78, 5) is 19.0. The molecule has 1 amide bonds. The van der Waals surface area contributed by atoms with Crippen LogP contribution < -0.4 is 5.32 Å². The second-order valence-electron chi connectivity index (χ2n) is 7.50. The molecule has 1 aromatic carbocycles. The summed E-state index contributed by atoms with van der Waals surface area (Å²) in [6, 6.07) is 3.81. The number of aryl methyl sites for hydroxylation is 1. The van der Waals surface area contributed by atoms with E-state index in [1.165, 1.54) is 6.20 Å². The Morgan fingerprint density at radius 2 is 2.04 bits per heavy atom. The number of aliphatic hydroxyl groups excluding tert-OH is 1. The Morgan fingerprint density at radius 3 is 2.71 bits per heavy atom. The largest absolute Gasteiger partial charge is 0.444 e. The van der Waals surface area contributed by atoms with Gasteiger partial charge in [0.2, 0.25) is 0 Å². The molecule has 0 bridgehead atoms. The second kappa shape index (κ2) is 7.20. The molecular weight excluding hydrogens is 368 g/mol. The van der Waals surface area contributed by atoms with Gasteiger partial charge in [0.25, 0.3) is 0 Å². The number of halogens is 2. The van der Waals surface area contributed by atoms with E-state index in [0.29, 0.717) is 11.0 Å². The van der Waals surface area contributed by atoms with Gasteiger partial charge in [-0.1, -0.05) is 0 Å². The maximum atomic E-state index is 15.0. The Kier molecular flexibility index (Phi) is 5.08. The van der Waals surface area contributed by atoms with Crippen LogP contribution in [0.2, 0.25) is 0 Å². The van der Waals surface area contributed by atoms with Crippen LogP contribution in [0.4, 0.5) is 19.3 Å². The zero-order chi connectivity index (χ0) is 20.6. The van der Waals surface area contributed by atoms with Gasteiger partial charge in [-0.25, -0.2) is 18.6 Å². The molecule has 0 aliphatic rings. The number of hydrogen-bond donors (Lipinski definition) is 3. The summed E-state index contributed by atoms with van der Waals surface area (Å²) in [5.74, 6) is -2.01. The number of H-pyrrole nitrogens is 1. The first-order valence-electron chi connectivity index (χ1n) is 8.66. The van der Waals surface area contributed by atoms with Gasteiger partial charge in [-0.15, -0.1) is 0 Å². The number of pyridine rings is 1. The number of benzene rings is 1. The molecular formula is C20H21F2N3O3. The summed E-state index contributed by atoms with van der Waals surface area (Å²) in [6.07, 6.45) is 0.610. The Balaban J connectivity index is 1.99. The maximum Gasteiger partial charge on any atom is 0.412 e. The van der Waals surface area contributed by atoms with Crippen molar-refractivity contribution in [1.82, 2.24) is 9.97 Å². The van der Waals surface area contributed by atoms with Crippen molar-refractivity contribution in [3.05, 3.63) is 58.9 Å². The standard InChI is InChI=1S/C20H21F2N3O3/c1-10-7-11-12(9-24-18(11)23-8-10)17(26)15-13(21)5-6-14(16(15)22)25-19(27)28-20(2,3)4/h5-9,17,26H,1-4H3,(H,23,24)(H,25,27). The van der Waals surface area contributed by atoms with Gasteiger partial charge in [-0.2, -0.15) is 0 Å². The zero-order valence-corrected chi connectivity index (χ0v) is 15.9. The van der Waals surface area contributed by atoms with Gasteiger partial charge in [-0.05, 0) is 51.5 Å². The van der Waals surface area contributed by atoms with Gasteiger partial charge < -0.3 is 14.8 Å². The lowest BCUT2D eigenvalue weighted by molar-refractivity contribution is 0.0635. The number of carbonyl (C=O) groups excluding carboxylic acids is 1. The highest BCUT2D eigenvalue weighted by atomic mass is 19.1. The topological polar surface area (TPSA) is 87.2 Å². The predicted octanol–water partition coefficient (Wildman–Crippen LogP) is 4.58. The minimum absolute atomic E-state index is 0.276. The van der Waals surface area contributed by atoms with E-state index in [-0.39, 0.29) is 11.3 Å². The van der Waals surface area contributed by atoms with E-state index in [1.807, 2.05) is 6.92 Å². The molecule has 1 atom stereocenters. The first kappa shape index (κ1) is 19.8. The van der Waals surface area contributed by atoms with E-state index < -0.39 is 35.0 Å². The molecule has 3 N–H and O–H groups in total. The molecule has 0 aliphatic heterocycles. The van der Waals surface area contributed by atoms with Gasteiger partial charge in [0.05, 0.1) is 11.3 Å². The lowest BCUT2D eigenvalue weighted by Gasteiger charge is -2.20. The van der Waals surface area contributed by atoms with E-state index in [4.69, 9.17) is 4.74 Å². The van der Waals surface area contributed by atoms with Crippen LogP contribution in [-0.4, -0.2) is 26.8 Å². The number of aromatic nitrogens is 2. The predicted molar refractivity (Wildman–Crippen MR) is 101 cm³/mol. The summed E-state index contributed by atoms with van der Waals surface area (Å²) in [5, 5.41) is 13.5. The van der Waals surface area contributed by atoms with Gasteiger partial charge in [0.1, 0.15) is 23.2 Å². The van der Waals surface area contributed by atoms with Gasteiger partial charge in [0.15, 0.2) is 5.82 Å². The van der Waals surface area contributed by atoms with Crippen LogP contribution in [0.1, 0.15) is 43.6 Å². The number of amides is 1. The number of rotatable bonds is 3. The van der Waals surface area contributed by atoms with Crippen LogP contribution in [0.25, 0.3) is 11.0 Å². The first-order valence-corrected chi connectivity index (χ1v) is 8.66. The summed E-state index contributed by atoms with van der Waals surface area (Å²) in [5.41, 5.74) is -0.0451. The number of fused-ring (bicyclic) bond motifs is 1. The van der Waals surface area contributed by atoms with E-state index in [1.54, 1.807) is 33.0 Å². The fourth-order valence-corrected chi connectivity index (χ4v) is 2.84. The number of aliphatic hydroxyl groups is 1. The third kappa shape index (κ3) is 3.96. The number of nitrogens with zero attached hydrogens (tertiary/aromatic N) is 1. The fourth-order valence-electron chi connectivity index (χ4n) is 2.84. The summed E-state index contributed by atoms with van der Waals surface area (Å²) in [6.45, 7) is 6.81. The Hall–Kier alpha value is -3.00. The van der Waals surface area contributed by atoms with Crippen molar-refractivity contribution in [1.29, 1.82) is 0 Å². The molecule has 0 spiro atoms. The summed E-state index contributed by atoms with van der Waals surface area (Å²) < 4.78 is 34.4. The first-order chi connectivity index (χ1) is 13.1. The lowest BCUT2D eigenvalue weighted by Crippen LogP contribution is -2.27. The normalized spacial score (nSPS) is 12.8. The quantitative estimate of drug-likeness (QED) is 0.612. The number of ether oxygens (including phenoxy) is 1. The van der Waals surface area contributed by atoms with Gasteiger partial charge in [0, 0.05) is 23.3 Å². The molecule has 2 aromatic heterocycles. The average Bonchev–Trinajstić information content (AvgIpc) is 2.98. The molecule has 0 saturated heterocycles. The van der Waals surface area contributed by atoms with Crippen molar-refractivity contribution >= 4 is 22.8 Å². The van der Waals surface area contributed by atoms with Crippen molar-refractivity contribution in [3.63, 3.8) is 0 Å². The minimum atomic E-state index is -1.60. The molecule has 3 aromatic rings. The highest BCUT2D eigenvalue weighted by Gasteiger charge is 2.26. The number of carbonyl (C=O) groups is 1. The smallest absolute Gasteiger partial charge is 0.412 e. The van der Waals surface area contributed by atoms with Crippen molar-refractivity contribution in [2.24, 2.45) is 0 Å². The molecule has 1 unspecified atom stereocenters. The molecule has 0 fully saturated rings. The van der Waals surface area contributed by atoms with E-state index in [9.17, 15) is 18.7 Å². The van der Waals surface area contributed by atoms with Crippen molar-refractivity contribution in [2.75, 3.05) is 5.32 Å². The van der Waals surface area contributed by atoms with Crippen molar-refractivity contribution in [2.45, 2.75) is 39.4 Å². The van der Waals surface area contributed by atoms with E-state index in [0.717, 1.165) is 17.7 Å². The van der Waals surface area contributed by atoms with E-state index >= 15 is 0 Å². The van der Waals surface area contributed by atoms with Crippen molar-refractivity contribution < 1.29 is 23.4 Å². The molecule has 0 radical (unpaired) electrons. The molecule has 3 rings (SSSR count). The molecule has 8 heteroatoms. The Bertz CT molecular complexity index is 1040. The highest BCUT2D eigenvalue weighted by molar-refractivity contribution is 5.85.